The zero-order valence-corrected chi connectivity index (χ0v) is 16.2. The lowest BCUT2D eigenvalue weighted by atomic mass is 9.73. The monoisotopic (exact) mass is 348 g/mol. The zero-order valence-electron chi connectivity index (χ0n) is 16.2. The maximum absolute atomic E-state index is 5.62. The summed E-state index contributed by atoms with van der Waals surface area (Å²) in [4.78, 5) is 0. The Bertz CT molecular complexity index is 816. The Morgan fingerprint density at radius 2 is 1.54 bits per heavy atom. The Labute approximate surface area is 157 Å². The molecule has 2 atom stereocenters. The highest BCUT2D eigenvalue weighted by Gasteiger charge is 2.28. The molecule has 0 aromatic heterocycles. The van der Waals surface area contributed by atoms with Gasteiger partial charge in [-0.2, -0.15) is 0 Å². The van der Waals surface area contributed by atoms with Gasteiger partial charge in [0.15, 0.2) is 0 Å². The van der Waals surface area contributed by atoms with Gasteiger partial charge in [0.25, 0.3) is 0 Å². The second-order valence-electron chi connectivity index (χ2n) is 6.99. The number of benzene rings is 2. The van der Waals surface area contributed by atoms with E-state index in [2.05, 4.69) is 50.3 Å². The van der Waals surface area contributed by atoms with Crippen LogP contribution in [0.2, 0.25) is 0 Å². The molecule has 0 amide bonds. The fourth-order valence-corrected chi connectivity index (χ4v) is 4.05. The van der Waals surface area contributed by atoms with Crippen LogP contribution in [0.5, 0.6) is 11.5 Å². The Morgan fingerprint density at radius 1 is 0.885 bits per heavy atom. The van der Waals surface area contributed by atoms with Crippen molar-refractivity contribution in [3.8, 4) is 11.5 Å². The Morgan fingerprint density at radius 3 is 2.27 bits per heavy atom. The minimum atomic E-state index is 0.450. The molecule has 2 nitrogen and oxygen atoms in total. The minimum absolute atomic E-state index is 0.450. The summed E-state index contributed by atoms with van der Waals surface area (Å²) < 4.78 is 11.1. The topological polar surface area (TPSA) is 18.5 Å². The number of allylic oxidation sites excluding steroid dienone is 3. The van der Waals surface area contributed by atoms with E-state index in [0.717, 1.165) is 23.5 Å². The van der Waals surface area contributed by atoms with Crippen LogP contribution in [0.3, 0.4) is 0 Å². The van der Waals surface area contributed by atoms with Crippen LogP contribution in [0.4, 0.5) is 0 Å². The van der Waals surface area contributed by atoms with Gasteiger partial charge < -0.3 is 9.47 Å². The van der Waals surface area contributed by atoms with Gasteiger partial charge in [0, 0.05) is 5.56 Å². The Balaban J connectivity index is 1.90. The van der Waals surface area contributed by atoms with Crippen LogP contribution in [0.25, 0.3) is 6.08 Å². The van der Waals surface area contributed by atoms with E-state index in [0.29, 0.717) is 11.8 Å². The molecule has 0 fully saturated rings. The quantitative estimate of drug-likeness (QED) is 0.636. The highest BCUT2D eigenvalue weighted by atomic mass is 16.5. The van der Waals surface area contributed by atoms with Crippen LogP contribution in [0.1, 0.15) is 43.7 Å². The van der Waals surface area contributed by atoms with E-state index in [1.54, 1.807) is 14.2 Å². The second-order valence-corrected chi connectivity index (χ2v) is 6.99. The summed E-state index contributed by atoms with van der Waals surface area (Å²) in [5.74, 6) is 2.84. The van der Waals surface area contributed by atoms with Gasteiger partial charge in [-0.15, -0.1) is 0 Å². The predicted molar refractivity (Wildman–Crippen MR) is 109 cm³/mol. The number of hydrogen-bond acceptors (Lipinski definition) is 2. The molecule has 0 unspecified atom stereocenters. The summed E-state index contributed by atoms with van der Waals surface area (Å²) in [6.07, 6.45) is 6.75. The highest BCUT2D eigenvalue weighted by Crippen LogP contribution is 2.44. The number of hydrogen-bond donors (Lipinski definition) is 0. The molecule has 0 saturated carbocycles. The van der Waals surface area contributed by atoms with Gasteiger partial charge >= 0.3 is 0 Å². The lowest BCUT2D eigenvalue weighted by Gasteiger charge is -2.32. The van der Waals surface area contributed by atoms with E-state index < -0.39 is 0 Å². The molecular formula is C24H28O2. The molecular weight excluding hydrogens is 320 g/mol. The van der Waals surface area contributed by atoms with Crippen molar-refractivity contribution in [1.29, 1.82) is 0 Å². The van der Waals surface area contributed by atoms with Crippen LogP contribution < -0.4 is 9.47 Å². The number of para-hydroxylation sites is 2. The average Bonchev–Trinajstić information content (AvgIpc) is 2.68. The van der Waals surface area contributed by atoms with E-state index in [1.807, 2.05) is 24.3 Å². The fourth-order valence-electron chi connectivity index (χ4n) is 4.05. The summed E-state index contributed by atoms with van der Waals surface area (Å²) in [6.45, 7) is 4.60. The van der Waals surface area contributed by atoms with Gasteiger partial charge in [-0.25, -0.2) is 0 Å². The van der Waals surface area contributed by atoms with Gasteiger partial charge in [-0.1, -0.05) is 61.0 Å². The number of ether oxygens (including phenoxy) is 2. The van der Waals surface area contributed by atoms with E-state index in [-0.39, 0.29) is 0 Å². The third-order valence-corrected chi connectivity index (χ3v) is 5.54. The average molecular weight is 348 g/mol. The van der Waals surface area contributed by atoms with E-state index >= 15 is 0 Å². The molecule has 0 spiro atoms. The van der Waals surface area contributed by atoms with Gasteiger partial charge in [0.05, 0.1) is 14.2 Å². The van der Waals surface area contributed by atoms with Crippen molar-refractivity contribution < 1.29 is 9.47 Å². The first-order chi connectivity index (χ1) is 12.7. The summed E-state index contributed by atoms with van der Waals surface area (Å²) in [7, 11) is 3.48. The summed E-state index contributed by atoms with van der Waals surface area (Å²) >= 11 is 0. The summed E-state index contributed by atoms with van der Waals surface area (Å²) in [5, 5.41) is 0. The summed E-state index contributed by atoms with van der Waals surface area (Å²) in [5.41, 5.74) is 5.34. The van der Waals surface area contributed by atoms with Gasteiger partial charge in [0.2, 0.25) is 0 Å². The normalized spacial score (nSPS) is 20.5. The van der Waals surface area contributed by atoms with Crippen LogP contribution >= 0.6 is 0 Å². The highest BCUT2D eigenvalue weighted by molar-refractivity contribution is 5.60. The van der Waals surface area contributed by atoms with Crippen LogP contribution in [0, 0.1) is 5.92 Å². The zero-order chi connectivity index (χ0) is 18.5. The van der Waals surface area contributed by atoms with Crippen molar-refractivity contribution in [1.82, 2.24) is 0 Å². The van der Waals surface area contributed by atoms with Crippen molar-refractivity contribution in [2.24, 2.45) is 5.92 Å². The maximum Gasteiger partial charge on any atom is 0.126 e. The van der Waals surface area contributed by atoms with Crippen molar-refractivity contribution in [2.75, 3.05) is 14.2 Å². The second kappa shape index (κ2) is 8.27. The molecule has 2 aromatic carbocycles. The lowest BCUT2D eigenvalue weighted by Crippen LogP contribution is -2.18. The smallest absolute Gasteiger partial charge is 0.126 e. The predicted octanol–water partition coefficient (Wildman–Crippen LogP) is 6.25. The van der Waals surface area contributed by atoms with Crippen LogP contribution in [0.15, 0.2) is 65.8 Å². The molecule has 0 aliphatic heterocycles. The molecule has 0 N–H and O–H groups in total. The molecule has 26 heavy (non-hydrogen) atoms. The maximum atomic E-state index is 5.62. The van der Waals surface area contributed by atoms with Gasteiger partial charge in [-0.05, 0) is 54.9 Å². The molecule has 0 radical (unpaired) electrons. The first-order valence-electron chi connectivity index (χ1n) is 9.29. The van der Waals surface area contributed by atoms with Crippen molar-refractivity contribution in [2.45, 2.75) is 32.6 Å². The molecule has 1 aliphatic carbocycles. The van der Waals surface area contributed by atoms with E-state index in [1.165, 1.54) is 23.1 Å². The lowest BCUT2D eigenvalue weighted by molar-refractivity contribution is 0.388. The fraction of sp³-hybridized carbons (Fsp3) is 0.333. The molecule has 2 heteroatoms. The number of methoxy groups -OCH3 is 2. The van der Waals surface area contributed by atoms with Crippen LogP contribution in [-0.4, -0.2) is 14.2 Å². The van der Waals surface area contributed by atoms with Gasteiger partial charge in [-0.3, -0.25) is 0 Å². The van der Waals surface area contributed by atoms with Gasteiger partial charge in [0.1, 0.15) is 11.5 Å². The first-order valence-corrected chi connectivity index (χ1v) is 9.29. The standard InChI is InChI=1S/C24H28O2/c1-17-13-15-21(22-10-6-8-12-24(22)26-4)18(2)20(17)16-14-19-9-5-7-11-23(19)25-3/h5-12,14,16,18,21H,13,15H2,1-4H3/b16-14+/t18-,21+/m0/s1. The molecule has 3 rings (SSSR count). The molecule has 1 aliphatic rings. The third-order valence-electron chi connectivity index (χ3n) is 5.54. The van der Waals surface area contributed by atoms with Crippen LogP contribution in [-0.2, 0) is 0 Å². The third kappa shape index (κ3) is 3.70. The summed E-state index contributed by atoms with van der Waals surface area (Å²) in [6, 6.07) is 16.6. The molecule has 136 valence electrons. The Kier molecular flexibility index (Phi) is 5.82. The van der Waals surface area contributed by atoms with Crippen molar-refractivity contribution in [3.05, 3.63) is 76.9 Å². The molecule has 2 aromatic rings. The molecule has 0 bridgehead atoms. The molecule has 0 heterocycles. The minimum Gasteiger partial charge on any atom is -0.496 e. The molecule has 0 saturated heterocycles. The van der Waals surface area contributed by atoms with Crippen molar-refractivity contribution >= 4 is 6.08 Å². The van der Waals surface area contributed by atoms with E-state index in [9.17, 15) is 0 Å². The number of rotatable bonds is 5. The van der Waals surface area contributed by atoms with E-state index in [4.69, 9.17) is 9.47 Å². The SMILES string of the molecule is COc1ccccc1/C=C/C1=C(C)CC[C@@H](c2ccccc2OC)[C@H]1C. The Hall–Kier alpha value is -2.48. The largest absolute Gasteiger partial charge is 0.496 e. The first kappa shape index (κ1) is 18.3. The van der Waals surface area contributed by atoms with Crippen molar-refractivity contribution in [3.63, 3.8) is 0 Å².